The minimum atomic E-state index is -0.990. The first-order valence-corrected chi connectivity index (χ1v) is 5.46. The Morgan fingerprint density at radius 2 is 2.06 bits per heavy atom. The molecule has 90 valence electrons. The molecule has 2 rings (SSSR count). The van der Waals surface area contributed by atoms with Gasteiger partial charge in [-0.1, -0.05) is 23.4 Å². The van der Waals surface area contributed by atoms with Crippen LogP contribution in [0, 0.1) is 0 Å². The van der Waals surface area contributed by atoms with E-state index >= 15 is 0 Å². The Kier molecular flexibility index (Phi) is 2.95. The highest BCUT2D eigenvalue weighted by Gasteiger charge is 2.20. The van der Waals surface area contributed by atoms with Gasteiger partial charge in [0.2, 0.25) is 0 Å². The summed E-state index contributed by atoms with van der Waals surface area (Å²) >= 11 is 0. The van der Waals surface area contributed by atoms with E-state index < -0.39 is 5.60 Å². The second kappa shape index (κ2) is 4.27. The lowest BCUT2D eigenvalue weighted by molar-refractivity contribution is 0.0737. The quantitative estimate of drug-likeness (QED) is 0.826. The molecule has 0 radical (unpaired) electrons. The Morgan fingerprint density at radius 1 is 1.35 bits per heavy atom. The zero-order valence-electron chi connectivity index (χ0n) is 9.96. The van der Waals surface area contributed by atoms with Crippen LogP contribution in [0.5, 0.6) is 0 Å². The van der Waals surface area contributed by atoms with Gasteiger partial charge in [-0.05, 0) is 25.5 Å². The van der Waals surface area contributed by atoms with Gasteiger partial charge >= 0.3 is 0 Å². The molecular formula is C12H16N4O. The molecule has 0 amide bonds. The van der Waals surface area contributed by atoms with Crippen LogP contribution in [0.4, 0.5) is 0 Å². The number of rotatable bonds is 3. The van der Waals surface area contributed by atoms with Crippen LogP contribution in [0.2, 0.25) is 0 Å². The monoisotopic (exact) mass is 232 g/mol. The van der Waals surface area contributed by atoms with Crippen LogP contribution in [-0.4, -0.2) is 20.1 Å². The second-order valence-corrected chi connectivity index (χ2v) is 4.44. The molecule has 0 aliphatic rings. The van der Waals surface area contributed by atoms with Crippen molar-refractivity contribution in [2.45, 2.75) is 26.0 Å². The molecule has 0 bridgehead atoms. The smallest absolute Gasteiger partial charge is 0.114 e. The number of nitrogens with two attached hydrogens (primary N) is 1. The largest absolute Gasteiger partial charge is 0.384 e. The van der Waals surface area contributed by atoms with Gasteiger partial charge in [0.05, 0.1) is 11.9 Å². The van der Waals surface area contributed by atoms with Crippen molar-refractivity contribution < 1.29 is 5.11 Å². The number of nitrogens with zero attached hydrogens (tertiary/aromatic N) is 3. The third-order valence-corrected chi connectivity index (χ3v) is 2.58. The van der Waals surface area contributed by atoms with E-state index in [0.29, 0.717) is 12.2 Å². The van der Waals surface area contributed by atoms with Crippen molar-refractivity contribution >= 4 is 0 Å². The first kappa shape index (κ1) is 11.8. The fourth-order valence-electron chi connectivity index (χ4n) is 1.57. The van der Waals surface area contributed by atoms with Gasteiger partial charge in [-0.15, -0.1) is 5.10 Å². The highest BCUT2D eigenvalue weighted by atomic mass is 16.3. The summed E-state index contributed by atoms with van der Waals surface area (Å²) in [5.74, 6) is 0. The Morgan fingerprint density at radius 3 is 2.65 bits per heavy atom. The van der Waals surface area contributed by atoms with Gasteiger partial charge in [0, 0.05) is 6.54 Å². The summed E-state index contributed by atoms with van der Waals surface area (Å²) in [5, 5.41) is 17.8. The maximum Gasteiger partial charge on any atom is 0.114 e. The molecule has 0 saturated heterocycles. The minimum absolute atomic E-state index is 0.438. The van der Waals surface area contributed by atoms with Gasteiger partial charge in [-0.2, -0.15) is 0 Å². The molecule has 0 aliphatic carbocycles. The summed E-state index contributed by atoms with van der Waals surface area (Å²) < 4.78 is 1.63. The first-order valence-electron chi connectivity index (χ1n) is 5.46. The highest BCUT2D eigenvalue weighted by molar-refractivity contribution is 5.40. The summed E-state index contributed by atoms with van der Waals surface area (Å²) in [6, 6.07) is 7.71. The third-order valence-electron chi connectivity index (χ3n) is 2.58. The molecule has 1 aromatic carbocycles. The van der Waals surface area contributed by atoms with Crippen molar-refractivity contribution in [1.29, 1.82) is 0 Å². The average molecular weight is 232 g/mol. The summed E-state index contributed by atoms with van der Waals surface area (Å²) in [6.45, 7) is 3.79. The number of aliphatic hydroxyl groups is 1. The molecule has 0 aliphatic heterocycles. The molecule has 17 heavy (non-hydrogen) atoms. The topological polar surface area (TPSA) is 77.0 Å². The van der Waals surface area contributed by atoms with Crippen LogP contribution < -0.4 is 5.73 Å². The molecule has 3 N–H and O–H groups in total. The number of hydrogen-bond donors (Lipinski definition) is 2. The minimum Gasteiger partial charge on any atom is -0.384 e. The molecule has 0 saturated carbocycles. The molecule has 5 heteroatoms. The van der Waals surface area contributed by atoms with Crippen LogP contribution in [0.1, 0.15) is 25.1 Å². The lowest BCUT2D eigenvalue weighted by Gasteiger charge is -2.12. The molecule has 0 spiro atoms. The number of benzene rings is 1. The van der Waals surface area contributed by atoms with Gasteiger partial charge in [-0.25, -0.2) is 4.68 Å². The van der Waals surface area contributed by atoms with E-state index in [-0.39, 0.29) is 0 Å². The SMILES string of the molecule is CC(C)(O)c1cn(-c2ccccc2CN)nn1. The third kappa shape index (κ3) is 2.35. The van der Waals surface area contributed by atoms with Crippen molar-refractivity contribution in [2.75, 3.05) is 0 Å². The highest BCUT2D eigenvalue weighted by Crippen LogP contribution is 2.19. The van der Waals surface area contributed by atoms with E-state index in [1.54, 1.807) is 24.7 Å². The lowest BCUT2D eigenvalue weighted by atomic mass is 10.1. The van der Waals surface area contributed by atoms with Crippen molar-refractivity contribution in [3.8, 4) is 5.69 Å². The maximum absolute atomic E-state index is 9.84. The Bertz CT molecular complexity index is 513. The zero-order valence-corrected chi connectivity index (χ0v) is 9.96. The molecule has 5 nitrogen and oxygen atoms in total. The average Bonchev–Trinajstić information content (AvgIpc) is 2.77. The summed E-state index contributed by atoms with van der Waals surface area (Å²) in [5.41, 5.74) is 7.08. The van der Waals surface area contributed by atoms with Crippen LogP contribution >= 0.6 is 0 Å². The summed E-state index contributed by atoms with van der Waals surface area (Å²) in [6.07, 6.45) is 1.72. The summed E-state index contributed by atoms with van der Waals surface area (Å²) in [4.78, 5) is 0. The number of aromatic nitrogens is 3. The van der Waals surface area contributed by atoms with Crippen molar-refractivity contribution in [2.24, 2.45) is 5.73 Å². The molecular weight excluding hydrogens is 216 g/mol. The number of para-hydroxylation sites is 1. The molecule has 0 atom stereocenters. The fraction of sp³-hybridized carbons (Fsp3) is 0.333. The maximum atomic E-state index is 9.84. The zero-order chi connectivity index (χ0) is 12.5. The van der Waals surface area contributed by atoms with E-state index in [0.717, 1.165) is 11.3 Å². The van der Waals surface area contributed by atoms with E-state index in [1.165, 1.54) is 0 Å². The van der Waals surface area contributed by atoms with Crippen LogP contribution in [0.25, 0.3) is 5.69 Å². The normalized spacial score (nSPS) is 11.8. The molecule has 1 heterocycles. The molecule has 1 aromatic heterocycles. The van der Waals surface area contributed by atoms with Gasteiger partial charge < -0.3 is 10.8 Å². The van der Waals surface area contributed by atoms with Gasteiger partial charge in [0.1, 0.15) is 11.3 Å². The van der Waals surface area contributed by atoms with Crippen molar-refractivity contribution in [1.82, 2.24) is 15.0 Å². The fourth-order valence-corrected chi connectivity index (χ4v) is 1.57. The molecule has 2 aromatic rings. The van der Waals surface area contributed by atoms with Crippen LogP contribution in [-0.2, 0) is 12.1 Å². The van der Waals surface area contributed by atoms with E-state index in [4.69, 9.17) is 5.73 Å². The first-order chi connectivity index (χ1) is 8.02. The number of hydrogen-bond acceptors (Lipinski definition) is 4. The predicted octanol–water partition coefficient (Wildman–Crippen LogP) is 0.953. The summed E-state index contributed by atoms with van der Waals surface area (Å²) in [7, 11) is 0. The van der Waals surface area contributed by atoms with Crippen LogP contribution in [0.15, 0.2) is 30.5 Å². The van der Waals surface area contributed by atoms with Crippen molar-refractivity contribution in [3.63, 3.8) is 0 Å². The van der Waals surface area contributed by atoms with E-state index in [9.17, 15) is 5.11 Å². The Balaban J connectivity index is 2.44. The predicted molar refractivity (Wildman–Crippen MR) is 64.5 cm³/mol. The molecule has 0 fully saturated rings. The standard InChI is InChI=1S/C12H16N4O/c1-12(2,17)11-8-16(15-14-11)10-6-4-3-5-9(10)7-13/h3-6,8,17H,7,13H2,1-2H3. The van der Waals surface area contributed by atoms with Gasteiger partial charge in [0.15, 0.2) is 0 Å². The molecule has 0 unspecified atom stereocenters. The van der Waals surface area contributed by atoms with Crippen LogP contribution in [0.3, 0.4) is 0 Å². The van der Waals surface area contributed by atoms with E-state index in [1.807, 2.05) is 24.3 Å². The van der Waals surface area contributed by atoms with Gasteiger partial charge in [0.25, 0.3) is 0 Å². The second-order valence-electron chi connectivity index (χ2n) is 4.44. The van der Waals surface area contributed by atoms with E-state index in [2.05, 4.69) is 10.3 Å². The lowest BCUT2D eigenvalue weighted by Crippen LogP contribution is -2.15. The Labute approximate surface area is 99.9 Å². The van der Waals surface area contributed by atoms with Gasteiger partial charge in [-0.3, -0.25) is 0 Å². The van der Waals surface area contributed by atoms with Crippen molar-refractivity contribution in [3.05, 3.63) is 41.7 Å². The Hall–Kier alpha value is -1.72.